The van der Waals surface area contributed by atoms with E-state index in [0.29, 0.717) is 32.6 Å². The molecule has 0 atom stereocenters. The molecule has 0 fully saturated rings. The number of benzene rings is 3. The van der Waals surface area contributed by atoms with Gasteiger partial charge in [-0.3, -0.25) is 5.43 Å². The smallest absolute Gasteiger partial charge is 0.157 e. The Morgan fingerprint density at radius 3 is 2.47 bits per heavy atom. The topological polar surface area (TPSA) is 63.3 Å². The lowest BCUT2D eigenvalue weighted by Crippen LogP contribution is -2.08. The average molecular weight is 433 g/mol. The van der Waals surface area contributed by atoms with Gasteiger partial charge in [0.05, 0.1) is 10.9 Å². The van der Waals surface area contributed by atoms with Crippen molar-refractivity contribution in [1.29, 1.82) is 0 Å². The average Bonchev–Trinajstić information content (AvgIpc) is 2.78. The lowest BCUT2D eigenvalue weighted by atomic mass is 10.1. The zero-order valence-electron chi connectivity index (χ0n) is 15.5. The van der Waals surface area contributed by atoms with E-state index in [1.807, 2.05) is 66.7 Å². The molecule has 0 aliphatic rings. The molecular weight excluding hydrogens is 419 g/mol. The highest BCUT2D eigenvalue weighted by atomic mass is 35.5. The number of rotatable bonds is 3. The molecule has 0 amide bonds. The normalized spacial score (nSPS) is 11.9. The number of para-hydroxylation sites is 1. The molecule has 0 aliphatic heterocycles. The fourth-order valence-electron chi connectivity index (χ4n) is 3.20. The first-order chi connectivity index (χ1) is 14.7. The van der Waals surface area contributed by atoms with Gasteiger partial charge in [0.25, 0.3) is 0 Å². The van der Waals surface area contributed by atoms with Crippen molar-refractivity contribution in [3.63, 3.8) is 0 Å². The number of hydrogen-bond acceptors (Lipinski definition) is 5. The van der Waals surface area contributed by atoms with Crippen LogP contribution < -0.4 is 10.8 Å². The van der Waals surface area contributed by atoms with Gasteiger partial charge >= 0.3 is 0 Å². The van der Waals surface area contributed by atoms with E-state index in [1.165, 1.54) is 6.33 Å². The summed E-state index contributed by atoms with van der Waals surface area (Å²) in [5.74, 6) is 1.28. The van der Waals surface area contributed by atoms with Gasteiger partial charge in [-0.2, -0.15) is 5.10 Å². The molecule has 7 heteroatoms. The zero-order chi connectivity index (χ0) is 20.5. The van der Waals surface area contributed by atoms with E-state index in [4.69, 9.17) is 27.6 Å². The van der Waals surface area contributed by atoms with Crippen LogP contribution in [0.2, 0.25) is 10.0 Å². The molecule has 0 spiro atoms. The van der Waals surface area contributed by atoms with Crippen LogP contribution in [0.3, 0.4) is 0 Å². The van der Waals surface area contributed by atoms with Crippen molar-refractivity contribution >= 4 is 50.9 Å². The van der Waals surface area contributed by atoms with E-state index < -0.39 is 0 Å². The molecule has 5 aromatic rings. The first-order valence-electron chi connectivity index (χ1n) is 9.16. The number of hydrogen-bond donors (Lipinski definition) is 1. The van der Waals surface area contributed by atoms with Gasteiger partial charge in [-0.25, -0.2) is 9.97 Å². The van der Waals surface area contributed by atoms with Crippen molar-refractivity contribution in [2.24, 2.45) is 5.10 Å². The molecule has 0 saturated heterocycles. The van der Waals surface area contributed by atoms with Gasteiger partial charge in [0, 0.05) is 32.4 Å². The minimum absolute atomic E-state index is 0.598. The van der Waals surface area contributed by atoms with Gasteiger partial charge in [-0.05, 0) is 54.6 Å². The molecule has 0 radical (unpaired) electrons. The minimum atomic E-state index is 0.598. The van der Waals surface area contributed by atoms with E-state index in [-0.39, 0.29) is 0 Å². The molecule has 30 heavy (non-hydrogen) atoms. The largest absolute Gasteiger partial charge is 0.456 e. The summed E-state index contributed by atoms with van der Waals surface area (Å²) < 4.78 is 6.09. The quantitative estimate of drug-likeness (QED) is 0.340. The second kappa shape index (κ2) is 7.78. The highest BCUT2D eigenvalue weighted by Gasteiger charge is 2.08. The molecule has 0 saturated carbocycles. The summed E-state index contributed by atoms with van der Waals surface area (Å²) in [5.41, 5.74) is 5.46. The highest BCUT2D eigenvalue weighted by Crippen LogP contribution is 2.25. The first kappa shape index (κ1) is 18.6. The summed E-state index contributed by atoms with van der Waals surface area (Å²) in [5, 5.41) is 8.21. The molecule has 5 nitrogen and oxygen atoms in total. The minimum Gasteiger partial charge on any atom is -0.456 e. The van der Waals surface area contributed by atoms with Crippen LogP contribution >= 0.6 is 23.2 Å². The summed E-state index contributed by atoms with van der Waals surface area (Å²) in [6, 6.07) is 22.5. The third-order valence-corrected chi connectivity index (χ3v) is 5.15. The molecule has 5 rings (SSSR count). The van der Waals surface area contributed by atoms with Crippen molar-refractivity contribution in [1.82, 2.24) is 9.97 Å². The summed E-state index contributed by atoms with van der Waals surface area (Å²) in [4.78, 5) is 8.61. The maximum Gasteiger partial charge on any atom is 0.157 e. The van der Waals surface area contributed by atoms with Crippen LogP contribution in [0.5, 0.6) is 0 Å². The number of aromatic nitrogens is 2. The van der Waals surface area contributed by atoms with Crippen molar-refractivity contribution < 1.29 is 4.42 Å². The molecule has 0 bridgehead atoms. The Labute approximate surface area is 181 Å². The van der Waals surface area contributed by atoms with Gasteiger partial charge in [-0.1, -0.05) is 35.3 Å². The number of fused-ring (bicyclic) bond motifs is 2. The molecule has 1 N–H and O–H groups in total. The van der Waals surface area contributed by atoms with E-state index in [9.17, 15) is 0 Å². The van der Waals surface area contributed by atoms with Crippen LogP contribution in [0.4, 0.5) is 5.82 Å². The van der Waals surface area contributed by atoms with E-state index >= 15 is 0 Å². The Morgan fingerprint density at radius 2 is 1.60 bits per heavy atom. The highest BCUT2D eigenvalue weighted by molar-refractivity contribution is 6.31. The summed E-state index contributed by atoms with van der Waals surface area (Å²) in [6.07, 6.45) is 1.51. The Hall–Kier alpha value is -3.41. The van der Waals surface area contributed by atoms with Crippen molar-refractivity contribution in [2.75, 3.05) is 5.43 Å². The maximum atomic E-state index is 6.22. The second-order valence-electron chi connectivity index (χ2n) is 6.61. The van der Waals surface area contributed by atoms with Crippen LogP contribution in [0.25, 0.3) is 33.2 Å². The zero-order valence-corrected chi connectivity index (χ0v) is 17.0. The van der Waals surface area contributed by atoms with Gasteiger partial charge in [0.1, 0.15) is 17.7 Å². The molecule has 0 aliphatic carbocycles. The van der Waals surface area contributed by atoms with Crippen molar-refractivity contribution in [3.8, 4) is 11.3 Å². The fourth-order valence-corrected chi connectivity index (χ4v) is 3.50. The van der Waals surface area contributed by atoms with E-state index in [1.54, 1.807) is 6.07 Å². The molecule has 0 unspecified atom stereocenters. The molecule has 2 heterocycles. The summed E-state index contributed by atoms with van der Waals surface area (Å²) in [7, 11) is 0. The number of halogens is 2. The monoisotopic (exact) mass is 432 g/mol. The Kier molecular flexibility index (Phi) is 4.83. The number of nitrogens with zero attached hydrogens (tertiary/aromatic N) is 3. The third-order valence-electron chi connectivity index (χ3n) is 4.66. The fraction of sp³-hybridized carbons (Fsp3) is 0. The van der Waals surface area contributed by atoms with Crippen LogP contribution in [-0.4, -0.2) is 9.97 Å². The molecular formula is C23H14Cl2N4O. The lowest BCUT2D eigenvalue weighted by Gasteiger charge is -2.07. The third kappa shape index (κ3) is 3.61. The Bertz CT molecular complexity index is 1440. The number of nitrogens with one attached hydrogen (secondary N) is 1. The first-order valence-corrected chi connectivity index (χ1v) is 9.92. The standard InChI is InChI=1S/C23H14Cl2N4O/c24-15-7-5-14(6-8-15)22-12-20(18-11-16(25)9-10-21(18)30-22)28-29-23-17-3-1-2-4-19(17)26-13-27-23/h1-13H,(H,26,27,29). The van der Waals surface area contributed by atoms with Crippen LogP contribution in [0.1, 0.15) is 0 Å². The van der Waals surface area contributed by atoms with E-state index in [0.717, 1.165) is 21.9 Å². The summed E-state index contributed by atoms with van der Waals surface area (Å²) in [6.45, 7) is 0. The molecule has 2 aromatic heterocycles. The SMILES string of the molecule is Clc1ccc(-c2cc(=NNc3ncnc4ccccc34)c3cc(Cl)ccc3o2)cc1. The Morgan fingerprint density at radius 1 is 0.800 bits per heavy atom. The lowest BCUT2D eigenvalue weighted by molar-refractivity contribution is 0.618. The van der Waals surface area contributed by atoms with Gasteiger partial charge in [0.2, 0.25) is 0 Å². The van der Waals surface area contributed by atoms with Gasteiger partial charge in [-0.15, -0.1) is 0 Å². The summed E-state index contributed by atoms with van der Waals surface area (Å²) >= 11 is 12.2. The van der Waals surface area contributed by atoms with Crippen LogP contribution in [0, 0.1) is 0 Å². The van der Waals surface area contributed by atoms with Gasteiger partial charge in [0.15, 0.2) is 5.82 Å². The van der Waals surface area contributed by atoms with Gasteiger partial charge < -0.3 is 4.42 Å². The Balaban J connectivity index is 1.68. The van der Waals surface area contributed by atoms with Crippen molar-refractivity contribution in [2.45, 2.75) is 0 Å². The maximum absolute atomic E-state index is 6.22. The molecule has 146 valence electrons. The number of anilines is 1. The van der Waals surface area contributed by atoms with Crippen LogP contribution in [0.15, 0.2) is 88.6 Å². The van der Waals surface area contributed by atoms with Crippen molar-refractivity contribution in [3.05, 3.63) is 94.5 Å². The second-order valence-corrected chi connectivity index (χ2v) is 7.48. The predicted octanol–water partition coefficient (Wildman–Crippen LogP) is 6.28. The molecule has 3 aromatic carbocycles. The predicted molar refractivity (Wildman–Crippen MR) is 120 cm³/mol. The van der Waals surface area contributed by atoms with E-state index in [2.05, 4.69) is 20.5 Å². The van der Waals surface area contributed by atoms with Crippen LogP contribution in [-0.2, 0) is 0 Å².